The minimum absolute atomic E-state index is 0. The number of anilines is 1. The van der Waals surface area contributed by atoms with Gasteiger partial charge in [-0.3, -0.25) is 4.99 Å². The van der Waals surface area contributed by atoms with E-state index < -0.39 is 0 Å². The largest absolute Gasteiger partial charge is 0.490 e. The number of nitrogens with one attached hydrogen (secondary N) is 1. The number of halogens is 2. The zero-order chi connectivity index (χ0) is 19.1. The molecule has 1 aromatic heterocycles. The van der Waals surface area contributed by atoms with Gasteiger partial charge in [0.15, 0.2) is 5.96 Å². The van der Waals surface area contributed by atoms with Crippen molar-refractivity contribution in [2.24, 2.45) is 4.99 Å². The average molecular weight is 537 g/mol. The van der Waals surface area contributed by atoms with E-state index in [0.717, 1.165) is 49.5 Å². The predicted molar refractivity (Wildman–Crippen MR) is 127 cm³/mol. The van der Waals surface area contributed by atoms with E-state index in [-0.39, 0.29) is 24.0 Å². The molecule has 28 heavy (non-hydrogen) atoms. The highest BCUT2D eigenvalue weighted by Crippen LogP contribution is 2.22. The van der Waals surface area contributed by atoms with Crippen LogP contribution in [0.25, 0.3) is 0 Å². The van der Waals surface area contributed by atoms with Crippen molar-refractivity contribution in [3.63, 3.8) is 0 Å². The van der Waals surface area contributed by atoms with Gasteiger partial charge >= 0.3 is 0 Å². The van der Waals surface area contributed by atoms with Crippen LogP contribution in [0.5, 0.6) is 5.75 Å². The third-order valence-electron chi connectivity index (χ3n) is 4.31. The minimum atomic E-state index is 0. The highest BCUT2D eigenvalue weighted by molar-refractivity contribution is 14.0. The lowest BCUT2D eigenvalue weighted by Gasteiger charge is -2.36. The van der Waals surface area contributed by atoms with E-state index in [1.807, 2.05) is 31.3 Å². The first-order chi connectivity index (χ1) is 13.2. The van der Waals surface area contributed by atoms with Gasteiger partial charge in [0.2, 0.25) is 5.13 Å². The van der Waals surface area contributed by atoms with E-state index in [1.165, 1.54) is 11.5 Å². The Balaban J connectivity index is 0.00000280. The standard InChI is InChI=1S/C18H25ClN6OS.HI/c1-3-16-22-18(27-23-16)25-11-9-24(10-12-25)17(20-2)21-8-13-26-15-7-5-4-6-14(15)19;/h4-7H,3,8-13H2,1-2H3,(H,20,21);1H. The van der Waals surface area contributed by atoms with Crippen molar-refractivity contribution in [2.75, 3.05) is 51.3 Å². The molecule has 2 heterocycles. The van der Waals surface area contributed by atoms with Crippen molar-refractivity contribution in [1.29, 1.82) is 0 Å². The van der Waals surface area contributed by atoms with E-state index in [9.17, 15) is 0 Å². The van der Waals surface area contributed by atoms with E-state index in [0.29, 0.717) is 23.9 Å². The van der Waals surface area contributed by atoms with Gasteiger partial charge in [0.05, 0.1) is 11.6 Å². The van der Waals surface area contributed by atoms with Crippen molar-refractivity contribution in [3.8, 4) is 5.75 Å². The lowest BCUT2D eigenvalue weighted by atomic mass is 10.3. The maximum atomic E-state index is 6.10. The molecule has 0 amide bonds. The van der Waals surface area contributed by atoms with Crippen LogP contribution in [0.1, 0.15) is 12.7 Å². The molecule has 0 radical (unpaired) electrons. The Hall–Kier alpha value is -1.33. The van der Waals surface area contributed by atoms with E-state index in [4.69, 9.17) is 16.3 Å². The van der Waals surface area contributed by atoms with Gasteiger partial charge in [0.1, 0.15) is 18.2 Å². The van der Waals surface area contributed by atoms with Crippen LogP contribution in [0.4, 0.5) is 5.13 Å². The van der Waals surface area contributed by atoms with Gasteiger partial charge in [-0.15, -0.1) is 24.0 Å². The third kappa shape index (κ3) is 6.08. The van der Waals surface area contributed by atoms with E-state index in [2.05, 4.69) is 36.4 Å². The van der Waals surface area contributed by atoms with Crippen molar-refractivity contribution in [2.45, 2.75) is 13.3 Å². The Morgan fingerprint density at radius 3 is 2.68 bits per heavy atom. The second kappa shape index (κ2) is 11.6. The van der Waals surface area contributed by atoms with Crippen LogP contribution >= 0.6 is 47.1 Å². The monoisotopic (exact) mass is 536 g/mol. The number of guanidine groups is 1. The topological polar surface area (TPSA) is 65.9 Å². The summed E-state index contributed by atoms with van der Waals surface area (Å²) < 4.78 is 10.1. The van der Waals surface area contributed by atoms with Gasteiger partial charge in [-0.05, 0) is 12.1 Å². The van der Waals surface area contributed by atoms with Crippen molar-refractivity contribution >= 4 is 58.2 Å². The number of nitrogens with zero attached hydrogens (tertiary/aromatic N) is 5. The normalized spacial score (nSPS) is 14.6. The molecule has 0 unspecified atom stereocenters. The fraction of sp³-hybridized carbons (Fsp3) is 0.500. The number of hydrogen-bond donors (Lipinski definition) is 1. The fourth-order valence-corrected chi connectivity index (χ4v) is 3.84. The summed E-state index contributed by atoms with van der Waals surface area (Å²) in [6, 6.07) is 7.49. The minimum Gasteiger partial charge on any atom is -0.490 e. The van der Waals surface area contributed by atoms with Gasteiger partial charge in [0.25, 0.3) is 0 Å². The molecule has 0 aliphatic carbocycles. The Labute approximate surface area is 192 Å². The summed E-state index contributed by atoms with van der Waals surface area (Å²) in [6.45, 7) is 6.87. The number of rotatable bonds is 6. The van der Waals surface area contributed by atoms with Crippen molar-refractivity contribution < 1.29 is 4.74 Å². The number of aryl methyl sites for hydroxylation is 1. The second-order valence-electron chi connectivity index (χ2n) is 6.07. The molecule has 154 valence electrons. The van der Waals surface area contributed by atoms with Crippen LogP contribution in [0, 0.1) is 0 Å². The molecule has 10 heteroatoms. The highest BCUT2D eigenvalue weighted by atomic mass is 127. The highest BCUT2D eigenvalue weighted by Gasteiger charge is 2.21. The number of para-hydroxylation sites is 1. The molecule has 0 atom stereocenters. The van der Waals surface area contributed by atoms with Gasteiger partial charge in [-0.1, -0.05) is 30.7 Å². The summed E-state index contributed by atoms with van der Waals surface area (Å²) in [5.74, 6) is 2.52. The number of aromatic nitrogens is 2. The number of ether oxygens (including phenoxy) is 1. The Morgan fingerprint density at radius 2 is 2.04 bits per heavy atom. The van der Waals surface area contributed by atoms with E-state index >= 15 is 0 Å². The van der Waals surface area contributed by atoms with E-state index in [1.54, 1.807) is 0 Å². The number of piperazine rings is 1. The Morgan fingerprint density at radius 1 is 1.29 bits per heavy atom. The summed E-state index contributed by atoms with van der Waals surface area (Å²) in [5, 5.41) is 5.00. The molecule has 1 aromatic carbocycles. The molecule has 7 nitrogen and oxygen atoms in total. The lowest BCUT2D eigenvalue weighted by Crippen LogP contribution is -2.53. The van der Waals surface area contributed by atoms with Gasteiger partial charge in [-0.2, -0.15) is 4.37 Å². The van der Waals surface area contributed by atoms with Crippen LogP contribution < -0.4 is 15.0 Å². The molecule has 3 rings (SSSR count). The first kappa shape index (κ1) is 23.0. The summed E-state index contributed by atoms with van der Waals surface area (Å²) in [5.41, 5.74) is 0. The molecular formula is C18H26ClIN6OS. The zero-order valence-electron chi connectivity index (χ0n) is 16.1. The van der Waals surface area contributed by atoms with Gasteiger partial charge < -0.3 is 19.9 Å². The number of aliphatic imine (C=N–C) groups is 1. The molecule has 0 spiro atoms. The van der Waals surface area contributed by atoms with Crippen molar-refractivity contribution in [3.05, 3.63) is 35.1 Å². The third-order valence-corrected chi connectivity index (χ3v) is 5.44. The quantitative estimate of drug-likeness (QED) is 0.265. The molecule has 0 bridgehead atoms. The fourth-order valence-electron chi connectivity index (χ4n) is 2.84. The Bertz CT molecular complexity index is 766. The molecule has 2 aromatic rings. The maximum absolute atomic E-state index is 6.10. The molecule has 1 N–H and O–H groups in total. The van der Waals surface area contributed by atoms with Crippen LogP contribution in [0.2, 0.25) is 5.02 Å². The first-order valence-electron chi connectivity index (χ1n) is 9.11. The average Bonchev–Trinajstić information content (AvgIpc) is 3.19. The van der Waals surface area contributed by atoms with Crippen LogP contribution in [-0.2, 0) is 6.42 Å². The second-order valence-corrected chi connectivity index (χ2v) is 7.21. The molecule has 1 aliphatic heterocycles. The molecule has 0 saturated carbocycles. The molecule has 1 fully saturated rings. The molecule has 1 saturated heterocycles. The van der Waals surface area contributed by atoms with Gasteiger partial charge in [0, 0.05) is 51.2 Å². The smallest absolute Gasteiger partial charge is 0.205 e. The van der Waals surface area contributed by atoms with Crippen molar-refractivity contribution in [1.82, 2.24) is 19.6 Å². The van der Waals surface area contributed by atoms with Crippen LogP contribution in [0.3, 0.4) is 0 Å². The lowest BCUT2D eigenvalue weighted by molar-refractivity contribution is 0.315. The van der Waals surface area contributed by atoms with Crippen LogP contribution in [0.15, 0.2) is 29.3 Å². The number of benzene rings is 1. The summed E-state index contributed by atoms with van der Waals surface area (Å²) >= 11 is 7.58. The SMILES string of the molecule is CCc1nsc(N2CCN(C(=NC)NCCOc3ccccc3Cl)CC2)n1.I. The maximum Gasteiger partial charge on any atom is 0.205 e. The first-order valence-corrected chi connectivity index (χ1v) is 10.3. The zero-order valence-corrected chi connectivity index (χ0v) is 20.0. The summed E-state index contributed by atoms with van der Waals surface area (Å²) in [6.07, 6.45) is 0.878. The number of hydrogen-bond acceptors (Lipinski definition) is 6. The summed E-state index contributed by atoms with van der Waals surface area (Å²) in [7, 11) is 1.81. The molecule has 1 aliphatic rings. The van der Waals surface area contributed by atoms with Crippen LogP contribution in [-0.4, -0.2) is 66.6 Å². The van der Waals surface area contributed by atoms with Gasteiger partial charge in [-0.25, -0.2) is 4.98 Å². The molecular weight excluding hydrogens is 511 g/mol. The summed E-state index contributed by atoms with van der Waals surface area (Å²) in [4.78, 5) is 13.5. The predicted octanol–water partition coefficient (Wildman–Crippen LogP) is 3.15. The Kier molecular flexibility index (Phi) is 9.52.